The normalized spacial score (nSPS) is 14.4. The molecule has 0 saturated heterocycles. The van der Waals surface area contributed by atoms with E-state index < -0.39 is 97.5 Å². The number of aliphatic hydroxyl groups is 1. The van der Waals surface area contributed by atoms with E-state index in [0.717, 1.165) is 120 Å². The maximum atomic E-state index is 13.2. The molecule has 0 heterocycles. The molecular formula is C87H170O17P2. The van der Waals surface area contributed by atoms with E-state index in [0.29, 0.717) is 25.7 Å². The van der Waals surface area contributed by atoms with Crippen LogP contribution in [0, 0.1) is 23.7 Å². The van der Waals surface area contributed by atoms with Crippen molar-refractivity contribution in [3.8, 4) is 0 Å². The SMILES string of the molecule is CCC(C)CCCCCCCCCCCCCCCCCCCCC(=O)OC[C@H](COP(=O)(O)OC[C@@H](O)COP(=O)(O)OC[C@@H](COC(=O)CCCCCCCCC(C)CC)OC(=O)CCCCCCCCCCCCC(C)C)OC(=O)CCCCCCCCCCCCCCCCCCCCC(C)C. The molecule has 0 radical (unpaired) electrons. The summed E-state index contributed by atoms with van der Waals surface area (Å²) in [5.41, 5.74) is 0. The van der Waals surface area contributed by atoms with Crippen molar-refractivity contribution in [1.29, 1.82) is 0 Å². The van der Waals surface area contributed by atoms with Crippen LogP contribution in [0.3, 0.4) is 0 Å². The summed E-state index contributed by atoms with van der Waals surface area (Å²) in [6, 6.07) is 0. The molecule has 0 saturated carbocycles. The van der Waals surface area contributed by atoms with Crippen molar-refractivity contribution in [2.24, 2.45) is 23.7 Å². The molecule has 4 unspecified atom stereocenters. The van der Waals surface area contributed by atoms with Gasteiger partial charge in [-0.25, -0.2) is 9.13 Å². The van der Waals surface area contributed by atoms with Gasteiger partial charge in [-0.05, 0) is 49.4 Å². The van der Waals surface area contributed by atoms with Crippen molar-refractivity contribution in [2.45, 2.75) is 472 Å². The molecule has 0 aliphatic rings. The number of hydrogen-bond acceptors (Lipinski definition) is 15. The summed E-state index contributed by atoms with van der Waals surface area (Å²) < 4.78 is 68.9. The highest BCUT2D eigenvalue weighted by Crippen LogP contribution is 2.45. The van der Waals surface area contributed by atoms with Gasteiger partial charge in [-0.1, -0.05) is 402 Å². The summed E-state index contributed by atoms with van der Waals surface area (Å²) in [5.74, 6) is 1.07. The van der Waals surface area contributed by atoms with Gasteiger partial charge >= 0.3 is 39.5 Å². The fourth-order valence-electron chi connectivity index (χ4n) is 13.4. The molecule has 0 amide bonds. The van der Waals surface area contributed by atoms with E-state index in [1.807, 2.05) is 0 Å². The van der Waals surface area contributed by atoms with Crippen LogP contribution in [0.25, 0.3) is 0 Å². The first-order valence-electron chi connectivity index (χ1n) is 44.8. The van der Waals surface area contributed by atoms with E-state index >= 15 is 0 Å². The fourth-order valence-corrected chi connectivity index (χ4v) is 15.0. The summed E-state index contributed by atoms with van der Waals surface area (Å²) in [6.45, 7) is 14.3. The van der Waals surface area contributed by atoms with Crippen LogP contribution in [0.5, 0.6) is 0 Å². The van der Waals surface area contributed by atoms with Gasteiger partial charge in [0.15, 0.2) is 12.2 Å². The Hall–Kier alpha value is -1.94. The highest BCUT2D eigenvalue weighted by atomic mass is 31.2. The number of rotatable bonds is 84. The van der Waals surface area contributed by atoms with Gasteiger partial charge in [-0.15, -0.1) is 0 Å². The van der Waals surface area contributed by atoms with Gasteiger partial charge in [0, 0.05) is 25.7 Å². The maximum absolute atomic E-state index is 13.2. The molecule has 0 fully saturated rings. The summed E-state index contributed by atoms with van der Waals surface area (Å²) in [4.78, 5) is 73.2. The van der Waals surface area contributed by atoms with Crippen LogP contribution >= 0.6 is 15.6 Å². The zero-order valence-electron chi connectivity index (χ0n) is 70.1. The third-order valence-corrected chi connectivity index (χ3v) is 22.9. The first-order chi connectivity index (χ1) is 51.2. The molecule has 19 heteroatoms. The lowest BCUT2D eigenvalue weighted by atomic mass is 9.99. The maximum Gasteiger partial charge on any atom is 0.472 e. The van der Waals surface area contributed by atoms with Crippen LogP contribution in [0.2, 0.25) is 0 Å². The van der Waals surface area contributed by atoms with Gasteiger partial charge in [0.2, 0.25) is 0 Å². The second-order valence-corrected chi connectivity index (χ2v) is 35.6. The number of hydrogen-bond donors (Lipinski definition) is 3. The number of carbonyl (C=O) groups excluding carboxylic acids is 4. The Bertz CT molecular complexity index is 2060. The van der Waals surface area contributed by atoms with Gasteiger partial charge in [0.05, 0.1) is 26.4 Å². The predicted molar refractivity (Wildman–Crippen MR) is 437 cm³/mol. The second kappa shape index (κ2) is 75.7. The Morgan fingerprint density at radius 2 is 0.453 bits per heavy atom. The number of phosphoric ester groups is 2. The van der Waals surface area contributed by atoms with Gasteiger partial charge in [-0.3, -0.25) is 37.3 Å². The molecule has 630 valence electrons. The predicted octanol–water partition coefficient (Wildman–Crippen LogP) is 26.3. The lowest BCUT2D eigenvalue weighted by Crippen LogP contribution is -2.30. The Kier molecular flexibility index (Phi) is 74.3. The molecule has 0 aromatic carbocycles. The van der Waals surface area contributed by atoms with E-state index in [1.54, 1.807) is 0 Å². The van der Waals surface area contributed by atoms with E-state index in [4.69, 9.17) is 37.0 Å². The van der Waals surface area contributed by atoms with Gasteiger partial charge in [0.25, 0.3) is 0 Å². The Morgan fingerprint density at radius 1 is 0.264 bits per heavy atom. The topological polar surface area (TPSA) is 237 Å². The minimum absolute atomic E-state index is 0.105. The molecule has 7 atom stereocenters. The van der Waals surface area contributed by atoms with Gasteiger partial charge < -0.3 is 33.8 Å². The van der Waals surface area contributed by atoms with Crippen molar-refractivity contribution < 1.29 is 80.2 Å². The first kappa shape index (κ1) is 104. The molecular weight excluding hydrogens is 1380 g/mol. The number of carbonyl (C=O) groups is 4. The van der Waals surface area contributed by atoms with Crippen LogP contribution in [0.15, 0.2) is 0 Å². The van der Waals surface area contributed by atoms with Crippen molar-refractivity contribution in [3.63, 3.8) is 0 Å². The number of esters is 4. The Morgan fingerprint density at radius 3 is 0.670 bits per heavy atom. The standard InChI is InChI=1S/C87H170O17P2/c1-9-79(7)65-57-49-41-35-28-24-20-16-12-14-17-21-25-29-36-42-51-59-67-84(89)97-73-82(103-86(91)69-61-53-43-37-30-26-22-18-13-11-15-19-23-27-33-39-47-55-63-77(3)4)75-101-105(93,94)99-71-81(88)72-100-106(95,96)102-76-83(74-98-85(90)68-60-52-46-45-50-58-66-80(8)10-2)104-87(92)70-62-54-44-38-32-31-34-40-48-56-64-78(5)6/h77-83,88H,9-76H2,1-8H3,(H,93,94)(H,95,96)/t79?,80?,81-,82-,83-/m1/s1. The van der Waals surface area contributed by atoms with E-state index in [-0.39, 0.29) is 25.7 Å². The molecule has 3 N–H and O–H groups in total. The molecule has 0 rings (SSSR count). The summed E-state index contributed by atoms with van der Waals surface area (Å²) in [7, 11) is -9.93. The Labute approximate surface area is 651 Å². The minimum Gasteiger partial charge on any atom is -0.462 e. The smallest absolute Gasteiger partial charge is 0.462 e. The molecule has 106 heavy (non-hydrogen) atoms. The zero-order chi connectivity index (χ0) is 78.1. The number of unbranched alkanes of at least 4 members (excludes halogenated alkanes) is 48. The molecule has 0 aromatic heterocycles. The quantitative estimate of drug-likeness (QED) is 0.0222. The fraction of sp³-hybridized carbons (Fsp3) is 0.954. The van der Waals surface area contributed by atoms with Crippen LogP contribution in [0.4, 0.5) is 0 Å². The molecule has 0 aliphatic heterocycles. The minimum atomic E-state index is -4.97. The monoisotopic (exact) mass is 1550 g/mol. The number of aliphatic hydroxyl groups excluding tert-OH is 1. The third-order valence-electron chi connectivity index (χ3n) is 21.0. The zero-order valence-corrected chi connectivity index (χ0v) is 71.9. The van der Waals surface area contributed by atoms with Gasteiger partial charge in [0.1, 0.15) is 19.3 Å². The highest BCUT2D eigenvalue weighted by Gasteiger charge is 2.31. The third kappa shape index (κ3) is 77.4. The number of phosphoric acid groups is 2. The average molecular weight is 1550 g/mol. The van der Waals surface area contributed by atoms with Crippen molar-refractivity contribution in [3.05, 3.63) is 0 Å². The van der Waals surface area contributed by atoms with Gasteiger partial charge in [-0.2, -0.15) is 0 Å². The van der Waals surface area contributed by atoms with E-state index in [1.165, 1.54) is 250 Å². The molecule has 0 aromatic rings. The number of ether oxygens (including phenoxy) is 4. The summed E-state index contributed by atoms with van der Waals surface area (Å²) in [6.07, 6.45) is 65.4. The van der Waals surface area contributed by atoms with Crippen LogP contribution in [-0.4, -0.2) is 96.7 Å². The van der Waals surface area contributed by atoms with Crippen LogP contribution in [-0.2, 0) is 65.4 Å². The second-order valence-electron chi connectivity index (χ2n) is 32.7. The molecule has 0 spiro atoms. The lowest BCUT2D eigenvalue weighted by molar-refractivity contribution is -0.161. The highest BCUT2D eigenvalue weighted by molar-refractivity contribution is 7.47. The van der Waals surface area contributed by atoms with Crippen LogP contribution in [0.1, 0.15) is 453 Å². The van der Waals surface area contributed by atoms with Crippen molar-refractivity contribution in [2.75, 3.05) is 39.6 Å². The lowest BCUT2D eigenvalue weighted by Gasteiger charge is -2.21. The van der Waals surface area contributed by atoms with Crippen molar-refractivity contribution in [1.82, 2.24) is 0 Å². The first-order valence-corrected chi connectivity index (χ1v) is 47.8. The van der Waals surface area contributed by atoms with Crippen molar-refractivity contribution >= 4 is 39.5 Å². The summed E-state index contributed by atoms with van der Waals surface area (Å²) >= 11 is 0. The molecule has 0 bridgehead atoms. The Balaban J connectivity index is 5.21. The van der Waals surface area contributed by atoms with E-state index in [9.17, 15) is 43.2 Å². The van der Waals surface area contributed by atoms with Crippen LogP contribution < -0.4 is 0 Å². The summed E-state index contributed by atoms with van der Waals surface area (Å²) in [5, 5.41) is 10.7. The average Bonchev–Trinajstić information content (AvgIpc) is 0.908. The molecule has 17 nitrogen and oxygen atoms in total. The largest absolute Gasteiger partial charge is 0.472 e. The van der Waals surface area contributed by atoms with E-state index in [2.05, 4.69) is 55.4 Å². The molecule has 0 aliphatic carbocycles.